The van der Waals surface area contributed by atoms with Crippen molar-refractivity contribution in [1.29, 1.82) is 0 Å². The number of rotatable bonds is 6. The molecule has 1 aliphatic heterocycles. The highest BCUT2D eigenvalue weighted by atomic mass is 35.5. The standard InChI is InChI=1S/C27H26Cl3N3O3/c1-17(2)27(35)33-11-9-32(10-12-33)24-6-3-19(28)16-23(24)31-26(34)8-5-22-4-7-25(36-22)18-13-20(29)15-21(30)14-18/h3-8,13-17H,9-12H2,1-2H3,(H,31,34)/b8-5+. The third kappa shape index (κ3) is 6.44. The lowest BCUT2D eigenvalue weighted by Gasteiger charge is -2.37. The summed E-state index contributed by atoms with van der Waals surface area (Å²) in [7, 11) is 0. The number of furan rings is 1. The summed E-state index contributed by atoms with van der Waals surface area (Å²) in [6.07, 6.45) is 2.99. The van der Waals surface area contributed by atoms with Gasteiger partial charge in [-0.2, -0.15) is 0 Å². The fourth-order valence-corrected chi connectivity index (χ4v) is 4.74. The molecule has 1 fully saturated rings. The maximum Gasteiger partial charge on any atom is 0.248 e. The van der Waals surface area contributed by atoms with Crippen LogP contribution >= 0.6 is 34.8 Å². The van der Waals surface area contributed by atoms with Crippen LogP contribution < -0.4 is 10.2 Å². The minimum Gasteiger partial charge on any atom is -0.457 e. The summed E-state index contributed by atoms with van der Waals surface area (Å²) in [5, 5.41) is 4.45. The number of nitrogens with one attached hydrogen (secondary N) is 1. The average Bonchev–Trinajstić information content (AvgIpc) is 3.31. The number of amides is 2. The molecule has 0 aliphatic carbocycles. The van der Waals surface area contributed by atoms with Gasteiger partial charge in [0.1, 0.15) is 11.5 Å². The van der Waals surface area contributed by atoms with Crippen LogP contribution in [0.2, 0.25) is 15.1 Å². The minimum absolute atomic E-state index is 0.0257. The molecule has 9 heteroatoms. The van der Waals surface area contributed by atoms with Crippen molar-refractivity contribution in [3.63, 3.8) is 0 Å². The van der Waals surface area contributed by atoms with E-state index in [9.17, 15) is 9.59 Å². The highest BCUT2D eigenvalue weighted by Crippen LogP contribution is 2.31. The summed E-state index contributed by atoms with van der Waals surface area (Å²) in [5.74, 6) is 0.905. The van der Waals surface area contributed by atoms with Crippen molar-refractivity contribution in [3.8, 4) is 11.3 Å². The molecule has 0 saturated carbocycles. The third-order valence-electron chi connectivity index (χ3n) is 5.82. The van der Waals surface area contributed by atoms with E-state index < -0.39 is 0 Å². The molecule has 2 amide bonds. The van der Waals surface area contributed by atoms with Gasteiger partial charge in [-0.3, -0.25) is 9.59 Å². The van der Waals surface area contributed by atoms with E-state index in [2.05, 4.69) is 10.2 Å². The van der Waals surface area contributed by atoms with Gasteiger partial charge in [-0.1, -0.05) is 48.7 Å². The van der Waals surface area contributed by atoms with Gasteiger partial charge in [0, 0.05) is 58.8 Å². The predicted molar refractivity (Wildman–Crippen MR) is 147 cm³/mol. The SMILES string of the molecule is CC(C)C(=O)N1CCN(c2ccc(Cl)cc2NC(=O)/C=C/c2ccc(-c3cc(Cl)cc(Cl)c3)o2)CC1. The predicted octanol–water partition coefficient (Wildman–Crippen LogP) is 6.86. The van der Waals surface area contributed by atoms with Gasteiger partial charge in [-0.05, 0) is 54.6 Å². The van der Waals surface area contributed by atoms with Crippen LogP contribution in [-0.4, -0.2) is 42.9 Å². The Morgan fingerprint density at radius 2 is 1.61 bits per heavy atom. The second-order valence-electron chi connectivity index (χ2n) is 8.81. The van der Waals surface area contributed by atoms with E-state index in [1.165, 1.54) is 6.08 Å². The number of anilines is 2. The number of carbonyl (C=O) groups excluding carboxylic acids is 2. The maximum absolute atomic E-state index is 12.7. The quantitative estimate of drug-likeness (QED) is 0.343. The van der Waals surface area contributed by atoms with Crippen molar-refractivity contribution in [1.82, 2.24) is 4.90 Å². The Hall–Kier alpha value is -2.93. The van der Waals surface area contributed by atoms with Crippen molar-refractivity contribution in [2.75, 3.05) is 36.4 Å². The van der Waals surface area contributed by atoms with Crippen LogP contribution in [0.4, 0.5) is 11.4 Å². The molecule has 2 aromatic carbocycles. The molecule has 4 rings (SSSR count). The lowest BCUT2D eigenvalue weighted by molar-refractivity contribution is -0.134. The highest BCUT2D eigenvalue weighted by molar-refractivity contribution is 6.35. The Morgan fingerprint density at radius 1 is 0.917 bits per heavy atom. The Morgan fingerprint density at radius 3 is 2.28 bits per heavy atom. The van der Waals surface area contributed by atoms with Crippen LogP contribution in [0.15, 0.2) is 59.0 Å². The van der Waals surface area contributed by atoms with E-state index in [0.717, 1.165) is 11.3 Å². The van der Waals surface area contributed by atoms with E-state index in [1.807, 2.05) is 24.8 Å². The number of hydrogen-bond donors (Lipinski definition) is 1. The van der Waals surface area contributed by atoms with Crippen LogP contribution in [-0.2, 0) is 9.59 Å². The summed E-state index contributed by atoms with van der Waals surface area (Å²) in [4.78, 5) is 29.1. The molecule has 3 aromatic rings. The Balaban J connectivity index is 1.43. The van der Waals surface area contributed by atoms with Crippen LogP contribution in [0.25, 0.3) is 17.4 Å². The smallest absolute Gasteiger partial charge is 0.248 e. The van der Waals surface area contributed by atoms with Crippen molar-refractivity contribution >= 4 is 64.1 Å². The van der Waals surface area contributed by atoms with E-state index >= 15 is 0 Å². The van der Waals surface area contributed by atoms with Gasteiger partial charge in [0.05, 0.1) is 11.4 Å². The molecule has 0 unspecified atom stereocenters. The van der Waals surface area contributed by atoms with E-state index in [4.69, 9.17) is 39.2 Å². The minimum atomic E-state index is -0.323. The van der Waals surface area contributed by atoms with Crippen LogP contribution in [0.3, 0.4) is 0 Å². The van der Waals surface area contributed by atoms with E-state index in [0.29, 0.717) is 58.5 Å². The second-order valence-corrected chi connectivity index (χ2v) is 10.1. The molecule has 0 bridgehead atoms. The lowest BCUT2D eigenvalue weighted by atomic mass is 10.1. The highest BCUT2D eigenvalue weighted by Gasteiger charge is 2.24. The van der Waals surface area contributed by atoms with Gasteiger partial charge in [-0.25, -0.2) is 0 Å². The first-order valence-corrected chi connectivity index (χ1v) is 12.7. The molecule has 2 heterocycles. The van der Waals surface area contributed by atoms with Crippen LogP contribution in [0.1, 0.15) is 19.6 Å². The van der Waals surface area contributed by atoms with Gasteiger partial charge < -0.3 is 19.5 Å². The number of hydrogen-bond acceptors (Lipinski definition) is 4. The van der Waals surface area contributed by atoms with Gasteiger partial charge >= 0.3 is 0 Å². The molecule has 0 radical (unpaired) electrons. The molecule has 1 saturated heterocycles. The van der Waals surface area contributed by atoms with Crippen molar-refractivity contribution in [3.05, 3.63) is 75.4 Å². The second kappa shape index (κ2) is 11.4. The first kappa shape index (κ1) is 26.1. The monoisotopic (exact) mass is 545 g/mol. The number of nitrogens with zero attached hydrogens (tertiary/aromatic N) is 2. The molecule has 0 spiro atoms. The normalized spacial score (nSPS) is 14.1. The number of piperazine rings is 1. The van der Waals surface area contributed by atoms with Crippen LogP contribution in [0.5, 0.6) is 0 Å². The zero-order valence-electron chi connectivity index (χ0n) is 19.9. The molecule has 1 aliphatic rings. The summed E-state index contributed by atoms with van der Waals surface area (Å²) in [6, 6.07) is 14.1. The fourth-order valence-electron chi connectivity index (χ4n) is 4.04. The average molecular weight is 547 g/mol. The van der Waals surface area contributed by atoms with E-state index in [1.54, 1.807) is 48.5 Å². The zero-order valence-corrected chi connectivity index (χ0v) is 22.2. The fraction of sp³-hybridized carbons (Fsp3) is 0.259. The Labute approximate surface area is 225 Å². The van der Waals surface area contributed by atoms with Gasteiger partial charge in [0.25, 0.3) is 0 Å². The first-order chi connectivity index (χ1) is 17.2. The summed E-state index contributed by atoms with van der Waals surface area (Å²) in [6.45, 7) is 6.41. The molecule has 1 N–H and O–H groups in total. The van der Waals surface area contributed by atoms with E-state index in [-0.39, 0.29) is 17.7 Å². The Bertz CT molecular complexity index is 1270. The third-order valence-corrected chi connectivity index (χ3v) is 6.49. The largest absolute Gasteiger partial charge is 0.457 e. The number of halogens is 3. The molecular weight excluding hydrogens is 521 g/mol. The van der Waals surface area contributed by atoms with Gasteiger partial charge in [0.2, 0.25) is 11.8 Å². The maximum atomic E-state index is 12.7. The lowest BCUT2D eigenvalue weighted by Crippen LogP contribution is -2.50. The Kier molecular flexibility index (Phi) is 8.29. The molecule has 6 nitrogen and oxygen atoms in total. The van der Waals surface area contributed by atoms with Crippen molar-refractivity contribution < 1.29 is 14.0 Å². The summed E-state index contributed by atoms with van der Waals surface area (Å²) in [5.41, 5.74) is 2.21. The van der Waals surface area contributed by atoms with Gasteiger partial charge in [0.15, 0.2) is 0 Å². The molecule has 1 aromatic heterocycles. The summed E-state index contributed by atoms with van der Waals surface area (Å²) < 4.78 is 5.82. The first-order valence-electron chi connectivity index (χ1n) is 11.6. The zero-order chi connectivity index (χ0) is 25.8. The molecule has 36 heavy (non-hydrogen) atoms. The summed E-state index contributed by atoms with van der Waals surface area (Å²) >= 11 is 18.4. The molecule has 188 valence electrons. The van der Waals surface area contributed by atoms with Crippen molar-refractivity contribution in [2.45, 2.75) is 13.8 Å². The van der Waals surface area contributed by atoms with Crippen LogP contribution in [0, 0.1) is 5.92 Å². The van der Waals surface area contributed by atoms with Crippen molar-refractivity contribution in [2.24, 2.45) is 5.92 Å². The van der Waals surface area contributed by atoms with Gasteiger partial charge in [-0.15, -0.1) is 0 Å². The molecular formula is C27H26Cl3N3O3. The molecule has 0 atom stereocenters. The topological polar surface area (TPSA) is 65.8 Å². The number of benzene rings is 2. The number of carbonyl (C=O) groups is 2.